The second-order valence-corrected chi connectivity index (χ2v) is 10.7. The molecule has 194 valence electrons. The van der Waals surface area contributed by atoms with Crippen LogP contribution in [0.2, 0.25) is 0 Å². The first-order chi connectivity index (χ1) is 16.7. The van der Waals surface area contributed by atoms with E-state index in [0.717, 1.165) is 86.5 Å². The number of carbonyl (C=O) groups excluding carboxylic acids is 1. The highest BCUT2D eigenvalue weighted by molar-refractivity contribution is 7.83. The summed E-state index contributed by atoms with van der Waals surface area (Å²) in [5.41, 5.74) is 6.51. The van der Waals surface area contributed by atoms with Crippen molar-refractivity contribution in [3.8, 4) is 0 Å². The van der Waals surface area contributed by atoms with Gasteiger partial charge >= 0.3 is 10.3 Å². The van der Waals surface area contributed by atoms with Crippen LogP contribution in [-0.4, -0.2) is 18.8 Å². The second-order valence-electron chi connectivity index (χ2n) is 9.51. The molecule has 0 aliphatic rings. The summed E-state index contributed by atoms with van der Waals surface area (Å²) in [6.45, 7) is 10.5. The zero-order chi connectivity index (χ0) is 26.0. The fourth-order valence-electron chi connectivity index (χ4n) is 4.94. The third-order valence-corrected chi connectivity index (χ3v) is 6.75. The van der Waals surface area contributed by atoms with Crippen LogP contribution in [-0.2, 0) is 42.4 Å². The Morgan fingerprint density at radius 3 is 1.49 bits per heavy atom. The summed E-state index contributed by atoms with van der Waals surface area (Å²) >= 11 is 0. The molecular formula is C29H43NO4S. The molecule has 1 unspecified atom stereocenters. The predicted molar refractivity (Wildman–Crippen MR) is 145 cm³/mol. The lowest BCUT2D eigenvalue weighted by Crippen LogP contribution is -2.35. The number of benzene rings is 2. The molecule has 0 aliphatic heterocycles. The van der Waals surface area contributed by atoms with E-state index < -0.39 is 16.3 Å². The summed E-state index contributed by atoms with van der Waals surface area (Å²) in [6, 6.07) is 8.96. The molecule has 0 bridgehead atoms. The van der Waals surface area contributed by atoms with Gasteiger partial charge in [0, 0.05) is 5.56 Å². The number of rotatable bonds is 15. The van der Waals surface area contributed by atoms with Gasteiger partial charge in [-0.2, -0.15) is 13.1 Å². The van der Waals surface area contributed by atoms with Crippen molar-refractivity contribution in [1.82, 2.24) is 4.72 Å². The molecule has 0 radical (unpaired) electrons. The second kappa shape index (κ2) is 13.9. The topological polar surface area (TPSA) is 83.5 Å². The first kappa shape index (κ1) is 29.2. The van der Waals surface area contributed by atoms with Crippen molar-refractivity contribution in [3.05, 3.63) is 69.3 Å². The lowest BCUT2D eigenvalue weighted by atomic mass is 9.84. The molecule has 1 atom stereocenters. The molecule has 0 aliphatic carbocycles. The lowest BCUT2D eigenvalue weighted by molar-refractivity contribution is 0.0951. The van der Waals surface area contributed by atoms with Crippen LogP contribution < -0.4 is 4.72 Å². The summed E-state index contributed by atoms with van der Waals surface area (Å²) in [7, 11) is -4.62. The van der Waals surface area contributed by atoms with E-state index in [1.165, 1.54) is 5.56 Å². The predicted octanol–water partition coefficient (Wildman–Crippen LogP) is 6.77. The van der Waals surface area contributed by atoms with E-state index in [9.17, 15) is 17.8 Å². The summed E-state index contributed by atoms with van der Waals surface area (Å²) in [5.74, 6) is -0.323. The van der Waals surface area contributed by atoms with Crippen molar-refractivity contribution in [2.24, 2.45) is 0 Å². The largest absolute Gasteiger partial charge is 0.334 e. The molecule has 0 saturated carbocycles. The van der Waals surface area contributed by atoms with E-state index >= 15 is 0 Å². The molecule has 5 nitrogen and oxygen atoms in total. The Hall–Kier alpha value is -2.02. The zero-order valence-electron chi connectivity index (χ0n) is 22.1. The zero-order valence-corrected chi connectivity index (χ0v) is 22.9. The molecule has 2 rings (SSSR count). The number of carbonyl (C=O) groups is 1. The normalized spacial score (nSPS) is 12.6. The van der Waals surface area contributed by atoms with Crippen LogP contribution >= 0.6 is 0 Å². The molecule has 2 N–H and O–H groups in total. The van der Waals surface area contributed by atoms with Gasteiger partial charge in [0.1, 0.15) is 6.04 Å². The Bertz CT molecular complexity index is 1040. The number of hydrogen-bond acceptors (Lipinski definition) is 3. The van der Waals surface area contributed by atoms with Crippen molar-refractivity contribution >= 4 is 16.1 Å². The highest BCUT2D eigenvalue weighted by Crippen LogP contribution is 2.31. The first-order valence-electron chi connectivity index (χ1n) is 13.2. The van der Waals surface area contributed by atoms with Gasteiger partial charge in [-0.05, 0) is 77.6 Å². The van der Waals surface area contributed by atoms with Gasteiger partial charge in [0.2, 0.25) is 0 Å². The minimum Gasteiger partial charge on any atom is -0.292 e. The molecule has 0 aromatic heterocycles. The van der Waals surface area contributed by atoms with E-state index in [1.54, 1.807) is 0 Å². The fraction of sp³-hybridized carbons (Fsp3) is 0.552. The van der Waals surface area contributed by atoms with Crippen LogP contribution in [0.4, 0.5) is 0 Å². The Morgan fingerprint density at radius 2 is 1.11 bits per heavy atom. The van der Waals surface area contributed by atoms with E-state index in [2.05, 4.69) is 57.5 Å². The van der Waals surface area contributed by atoms with E-state index in [4.69, 9.17) is 0 Å². The Kier molecular flexibility index (Phi) is 11.6. The van der Waals surface area contributed by atoms with Gasteiger partial charge in [-0.1, -0.05) is 84.9 Å². The third kappa shape index (κ3) is 8.55. The van der Waals surface area contributed by atoms with Crippen LogP contribution in [0.3, 0.4) is 0 Å². The van der Waals surface area contributed by atoms with Crippen molar-refractivity contribution in [1.29, 1.82) is 0 Å². The van der Waals surface area contributed by atoms with Gasteiger partial charge in [-0.15, -0.1) is 0 Å². The Morgan fingerprint density at radius 1 is 0.714 bits per heavy atom. The molecule has 0 spiro atoms. The van der Waals surface area contributed by atoms with Crippen molar-refractivity contribution in [3.63, 3.8) is 0 Å². The Labute approximate surface area is 212 Å². The van der Waals surface area contributed by atoms with Gasteiger partial charge in [-0.25, -0.2) is 0 Å². The van der Waals surface area contributed by atoms with Crippen LogP contribution in [0, 0.1) is 0 Å². The molecule has 0 amide bonds. The van der Waals surface area contributed by atoms with Gasteiger partial charge in [-0.3, -0.25) is 9.35 Å². The molecular weight excluding hydrogens is 458 g/mol. The number of hydrogen-bond donors (Lipinski definition) is 2. The van der Waals surface area contributed by atoms with Gasteiger partial charge in [0.15, 0.2) is 5.78 Å². The molecule has 2 aromatic rings. The fourth-order valence-corrected chi connectivity index (χ4v) is 5.46. The van der Waals surface area contributed by atoms with Gasteiger partial charge < -0.3 is 0 Å². The van der Waals surface area contributed by atoms with E-state index in [-0.39, 0.29) is 5.78 Å². The standard InChI is InChI=1S/C29H43NO4S/c1-6-11-21-16-22(12-7-2)20-26(19-21)29(31)28(30-35(32,33)34)27-24(14-9-4)17-23(13-8-3)18-25(27)15-10-5/h16-20,28,30H,6-15H2,1-5H3,(H,32,33,34). The maximum absolute atomic E-state index is 14.0. The molecule has 0 heterocycles. The van der Waals surface area contributed by atoms with Gasteiger partial charge in [0.05, 0.1) is 0 Å². The number of aryl methyl sites for hydroxylation is 5. The van der Waals surface area contributed by atoms with Crippen LogP contribution in [0.15, 0.2) is 30.3 Å². The van der Waals surface area contributed by atoms with Crippen LogP contribution in [0.5, 0.6) is 0 Å². The van der Waals surface area contributed by atoms with E-state index in [0.29, 0.717) is 11.1 Å². The summed E-state index contributed by atoms with van der Waals surface area (Å²) in [6.07, 6.45) is 8.75. The minimum absolute atomic E-state index is 0.323. The third-order valence-electron chi connectivity index (χ3n) is 6.22. The van der Waals surface area contributed by atoms with E-state index in [1.807, 2.05) is 12.1 Å². The maximum Gasteiger partial charge on any atom is 0.334 e. The van der Waals surface area contributed by atoms with Gasteiger partial charge in [0.25, 0.3) is 0 Å². The number of ketones is 1. The quantitative estimate of drug-likeness (QED) is 0.208. The van der Waals surface area contributed by atoms with Crippen molar-refractivity contribution in [2.45, 2.75) is 105 Å². The highest BCUT2D eigenvalue weighted by atomic mass is 32.2. The molecule has 35 heavy (non-hydrogen) atoms. The SMILES string of the molecule is CCCc1cc(CCC)cc(C(=O)C(NS(=O)(=O)O)c2c(CCC)cc(CCC)cc2CCC)c1. The molecule has 0 saturated heterocycles. The summed E-state index contributed by atoms with van der Waals surface area (Å²) < 4.78 is 36.3. The summed E-state index contributed by atoms with van der Waals surface area (Å²) in [4.78, 5) is 14.0. The lowest BCUT2D eigenvalue weighted by Gasteiger charge is -2.25. The average molecular weight is 502 g/mol. The molecule has 6 heteroatoms. The summed E-state index contributed by atoms with van der Waals surface area (Å²) in [5, 5.41) is 0. The number of Topliss-reactive ketones (excluding diaryl/α,β-unsaturated/α-hetero) is 1. The van der Waals surface area contributed by atoms with Crippen molar-refractivity contribution < 1.29 is 17.8 Å². The monoisotopic (exact) mass is 501 g/mol. The molecule has 0 fully saturated rings. The Balaban J connectivity index is 2.76. The van der Waals surface area contributed by atoms with Crippen molar-refractivity contribution in [2.75, 3.05) is 0 Å². The minimum atomic E-state index is -4.62. The number of nitrogens with one attached hydrogen (secondary N) is 1. The highest BCUT2D eigenvalue weighted by Gasteiger charge is 2.30. The van der Waals surface area contributed by atoms with Crippen LogP contribution in [0.25, 0.3) is 0 Å². The first-order valence-corrected chi connectivity index (χ1v) is 14.7. The van der Waals surface area contributed by atoms with Crippen LogP contribution in [0.1, 0.15) is 117 Å². The molecule has 2 aromatic carbocycles. The average Bonchev–Trinajstić information content (AvgIpc) is 2.78. The smallest absolute Gasteiger partial charge is 0.292 e. The maximum atomic E-state index is 14.0.